The topological polar surface area (TPSA) is 3.24 Å². The summed E-state index contributed by atoms with van der Waals surface area (Å²) in [4.78, 5) is 2.55. The summed E-state index contributed by atoms with van der Waals surface area (Å²) in [6.07, 6.45) is 6.47. The summed E-state index contributed by atoms with van der Waals surface area (Å²) in [5, 5.41) is 5.26. The second kappa shape index (κ2) is 16.3. The number of rotatable bonds is 8. The van der Waals surface area contributed by atoms with E-state index in [-0.39, 0.29) is 5.41 Å². The molecule has 1 fully saturated rings. The molecule has 0 amide bonds. The molecule has 0 aromatic heterocycles. The minimum Gasteiger partial charge on any atom is -0.309 e. The lowest BCUT2D eigenvalue weighted by molar-refractivity contribution is 0.445. The van der Waals surface area contributed by atoms with E-state index in [0.717, 1.165) is 5.69 Å². The van der Waals surface area contributed by atoms with Crippen molar-refractivity contribution >= 4 is 38.6 Å². The Bertz CT molecular complexity index is 3350. The van der Waals surface area contributed by atoms with Crippen molar-refractivity contribution in [3.05, 3.63) is 247 Å². The average Bonchev–Trinajstić information content (AvgIpc) is 3.65. The minimum atomic E-state index is -0.318. The highest BCUT2D eigenvalue weighted by molar-refractivity contribution is 6.05. The molecule has 0 aliphatic heterocycles. The van der Waals surface area contributed by atoms with Gasteiger partial charge < -0.3 is 4.90 Å². The van der Waals surface area contributed by atoms with Crippen LogP contribution in [0.5, 0.6) is 0 Å². The molecule has 10 aromatic carbocycles. The Hall–Kier alpha value is -7.48. The number of hydrogen-bond donors (Lipinski definition) is 0. The van der Waals surface area contributed by atoms with Crippen molar-refractivity contribution < 1.29 is 0 Å². The van der Waals surface area contributed by atoms with Gasteiger partial charge in [0.2, 0.25) is 0 Å². The number of para-hydroxylation sites is 1. The smallest absolute Gasteiger partial charge is 0.0543 e. The van der Waals surface area contributed by atoms with Crippen molar-refractivity contribution in [1.82, 2.24) is 0 Å². The summed E-state index contributed by atoms with van der Waals surface area (Å²) < 4.78 is 0. The van der Waals surface area contributed by atoms with Crippen LogP contribution in [0.15, 0.2) is 224 Å². The van der Waals surface area contributed by atoms with Gasteiger partial charge in [0.1, 0.15) is 0 Å². The molecule has 12 rings (SSSR count). The second-order valence-corrected chi connectivity index (χ2v) is 18.3. The normalized spacial score (nSPS) is 15.8. The third-order valence-corrected chi connectivity index (χ3v) is 14.8. The highest BCUT2D eigenvalue weighted by Crippen LogP contribution is 2.57. The Morgan fingerprint density at radius 1 is 0.400 bits per heavy atom. The molecule has 0 heterocycles. The summed E-state index contributed by atoms with van der Waals surface area (Å²) in [5.74, 6) is 0.579. The van der Waals surface area contributed by atoms with Crippen LogP contribution in [0.3, 0.4) is 0 Å². The predicted molar refractivity (Wildman–Crippen MR) is 276 cm³/mol. The Kier molecular flexibility index (Phi) is 9.79. The van der Waals surface area contributed by atoms with Crippen LogP contribution in [-0.4, -0.2) is 0 Å². The Balaban J connectivity index is 1.04. The summed E-state index contributed by atoms with van der Waals surface area (Å²) in [6, 6.07) is 83.8. The first-order valence-electron chi connectivity index (χ1n) is 23.5. The van der Waals surface area contributed by atoms with E-state index in [1.54, 1.807) is 0 Å². The van der Waals surface area contributed by atoms with Gasteiger partial charge in [-0.2, -0.15) is 0 Å². The van der Waals surface area contributed by atoms with Gasteiger partial charge in [-0.25, -0.2) is 0 Å². The van der Waals surface area contributed by atoms with E-state index < -0.39 is 0 Å². The van der Waals surface area contributed by atoms with E-state index in [1.165, 1.54) is 132 Å². The number of fused-ring (bicyclic) bond motifs is 5. The van der Waals surface area contributed by atoms with E-state index in [0.29, 0.717) is 5.92 Å². The van der Waals surface area contributed by atoms with E-state index in [1.807, 2.05) is 0 Å². The van der Waals surface area contributed by atoms with Gasteiger partial charge in [-0.3, -0.25) is 0 Å². The molecule has 1 unspecified atom stereocenters. The van der Waals surface area contributed by atoms with Crippen LogP contribution in [0.1, 0.15) is 67.2 Å². The maximum Gasteiger partial charge on any atom is 0.0543 e. The van der Waals surface area contributed by atoms with Gasteiger partial charge >= 0.3 is 0 Å². The van der Waals surface area contributed by atoms with Gasteiger partial charge in [0.25, 0.3) is 0 Å². The quantitative estimate of drug-likeness (QED) is 0.147. The molecule has 312 valence electrons. The summed E-state index contributed by atoms with van der Waals surface area (Å²) in [5.41, 5.74) is 18.6. The standard InChI is InChI=1S/C64H51N/c1-64(50-24-6-3-7-25-50)58-32-12-10-28-57(58)63-59(64)33-17-35-61(63)65(51-42-40-45(41-43-51)44-36-38-48(39-37-44)53-29-14-21-46-20-8-9-26-52(46)53)60-34-13-11-27-55(60)56-31-16-23-49-22-15-30-54(62(49)56)47-18-4-2-5-19-47/h3,6-17,20-43,47H,2,4-5,18-19H2,1H3. The second-order valence-electron chi connectivity index (χ2n) is 18.3. The largest absolute Gasteiger partial charge is 0.309 e. The van der Waals surface area contributed by atoms with Gasteiger partial charge in [0.15, 0.2) is 0 Å². The molecule has 0 saturated heterocycles. The Morgan fingerprint density at radius 3 is 1.75 bits per heavy atom. The van der Waals surface area contributed by atoms with Crippen molar-refractivity contribution in [1.29, 1.82) is 0 Å². The highest BCUT2D eigenvalue weighted by Gasteiger charge is 2.42. The first-order valence-corrected chi connectivity index (χ1v) is 23.5. The van der Waals surface area contributed by atoms with Crippen LogP contribution in [0.4, 0.5) is 17.1 Å². The summed E-state index contributed by atoms with van der Waals surface area (Å²) in [6.45, 7) is 2.41. The fourth-order valence-corrected chi connectivity index (χ4v) is 11.6. The molecule has 10 aromatic rings. The van der Waals surface area contributed by atoms with Gasteiger partial charge in [-0.05, 0) is 127 Å². The molecule has 0 bridgehead atoms. The zero-order valence-corrected chi connectivity index (χ0v) is 36.9. The van der Waals surface area contributed by atoms with Crippen LogP contribution >= 0.6 is 0 Å². The predicted octanol–water partition coefficient (Wildman–Crippen LogP) is 17.8. The summed E-state index contributed by atoms with van der Waals surface area (Å²) >= 11 is 0. The molecule has 1 nitrogen and oxygen atoms in total. The molecule has 0 spiro atoms. The van der Waals surface area contributed by atoms with Crippen LogP contribution in [0.2, 0.25) is 0 Å². The fraction of sp³-hybridized carbons (Fsp3) is 0.125. The van der Waals surface area contributed by atoms with Crippen molar-refractivity contribution in [2.45, 2.75) is 50.4 Å². The lowest BCUT2D eigenvalue weighted by Gasteiger charge is -2.32. The first-order chi connectivity index (χ1) is 32.1. The molecule has 1 heteroatoms. The molecular weight excluding hydrogens is 783 g/mol. The van der Waals surface area contributed by atoms with Crippen LogP contribution in [0, 0.1) is 0 Å². The van der Waals surface area contributed by atoms with Crippen LogP contribution in [-0.2, 0) is 5.41 Å². The maximum absolute atomic E-state index is 2.55. The van der Waals surface area contributed by atoms with Gasteiger partial charge in [0, 0.05) is 22.2 Å². The number of nitrogens with zero attached hydrogens (tertiary/aromatic N) is 1. The number of anilines is 3. The first kappa shape index (κ1) is 39.1. The molecule has 0 N–H and O–H groups in total. The zero-order chi connectivity index (χ0) is 43.3. The van der Waals surface area contributed by atoms with E-state index in [4.69, 9.17) is 0 Å². The number of benzene rings is 10. The monoisotopic (exact) mass is 833 g/mol. The fourth-order valence-electron chi connectivity index (χ4n) is 11.6. The van der Waals surface area contributed by atoms with Crippen molar-refractivity contribution in [2.75, 3.05) is 4.90 Å². The molecule has 0 radical (unpaired) electrons. The lowest BCUT2D eigenvalue weighted by atomic mass is 9.74. The van der Waals surface area contributed by atoms with Gasteiger partial charge in [-0.15, -0.1) is 0 Å². The SMILES string of the molecule is CC1(c2ccccc2)c2ccccc2-c2c(N(c3ccc(-c4ccc(-c5cccc6ccccc56)cc4)cc3)c3ccccc3-c3cccc4cccc(C5CCCCC5)c34)cccc21. The molecule has 65 heavy (non-hydrogen) atoms. The number of hydrogen-bond acceptors (Lipinski definition) is 1. The average molecular weight is 834 g/mol. The zero-order valence-electron chi connectivity index (χ0n) is 36.9. The van der Waals surface area contributed by atoms with Gasteiger partial charge in [-0.1, -0.05) is 219 Å². The van der Waals surface area contributed by atoms with E-state index in [2.05, 4.69) is 236 Å². The lowest BCUT2D eigenvalue weighted by Crippen LogP contribution is -2.22. The third-order valence-electron chi connectivity index (χ3n) is 14.8. The Labute approximate surface area is 383 Å². The van der Waals surface area contributed by atoms with Crippen molar-refractivity contribution in [3.8, 4) is 44.5 Å². The van der Waals surface area contributed by atoms with Gasteiger partial charge in [0.05, 0.1) is 11.4 Å². The van der Waals surface area contributed by atoms with Crippen LogP contribution < -0.4 is 4.90 Å². The molecule has 2 aliphatic carbocycles. The molecular formula is C64H51N. The van der Waals surface area contributed by atoms with E-state index >= 15 is 0 Å². The van der Waals surface area contributed by atoms with E-state index in [9.17, 15) is 0 Å². The molecule has 1 atom stereocenters. The van der Waals surface area contributed by atoms with Crippen LogP contribution in [0.25, 0.3) is 66.1 Å². The third kappa shape index (κ3) is 6.60. The van der Waals surface area contributed by atoms with Crippen molar-refractivity contribution in [3.63, 3.8) is 0 Å². The highest BCUT2D eigenvalue weighted by atomic mass is 15.1. The van der Waals surface area contributed by atoms with Crippen molar-refractivity contribution in [2.24, 2.45) is 0 Å². The molecule has 1 saturated carbocycles. The summed E-state index contributed by atoms with van der Waals surface area (Å²) in [7, 11) is 0. The Morgan fingerprint density at radius 2 is 0.954 bits per heavy atom. The molecule has 2 aliphatic rings. The maximum atomic E-state index is 2.55. The minimum absolute atomic E-state index is 0.318.